The van der Waals surface area contributed by atoms with Gasteiger partial charge in [0.2, 0.25) is 0 Å². The normalized spacial score (nSPS) is 12.3. The average Bonchev–Trinajstić information content (AvgIpc) is 3.08. The quantitative estimate of drug-likeness (QED) is 0.618. The molecule has 28 heavy (non-hydrogen) atoms. The molecule has 0 spiro atoms. The summed E-state index contributed by atoms with van der Waals surface area (Å²) >= 11 is 0. The Hall–Kier alpha value is -2.63. The van der Waals surface area contributed by atoms with Gasteiger partial charge in [0.15, 0.2) is 0 Å². The molecular weight excluding hydrogens is 350 g/mol. The zero-order valence-electron chi connectivity index (χ0n) is 16.9. The maximum Gasteiger partial charge on any atom is 0.119 e. The zero-order valence-corrected chi connectivity index (χ0v) is 16.9. The summed E-state index contributed by atoms with van der Waals surface area (Å²) in [7, 11) is 1.92. The van der Waals surface area contributed by atoms with Crippen LogP contribution in [0.25, 0.3) is 0 Å². The molecule has 1 heterocycles. The highest BCUT2D eigenvalue weighted by atomic mass is 16.5. The van der Waals surface area contributed by atoms with Gasteiger partial charge in [0.05, 0.1) is 6.20 Å². The first-order valence-electron chi connectivity index (χ1n) is 9.61. The van der Waals surface area contributed by atoms with E-state index in [1.165, 1.54) is 16.7 Å². The van der Waals surface area contributed by atoms with Crippen molar-refractivity contribution in [3.63, 3.8) is 0 Å². The third kappa shape index (κ3) is 5.94. The SMILES string of the molecule is Cc1ccc(OCC(O)CN(Cc2cnn(C)c2)Cc2ccccc2C)cc1. The molecule has 148 valence electrons. The van der Waals surface area contributed by atoms with E-state index in [-0.39, 0.29) is 6.61 Å². The number of ether oxygens (including phenoxy) is 1. The summed E-state index contributed by atoms with van der Waals surface area (Å²) in [6.07, 6.45) is 3.31. The first-order valence-corrected chi connectivity index (χ1v) is 9.61. The minimum atomic E-state index is -0.581. The topological polar surface area (TPSA) is 50.5 Å². The number of nitrogens with zero attached hydrogens (tertiary/aromatic N) is 3. The van der Waals surface area contributed by atoms with Gasteiger partial charge in [-0.15, -0.1) is 0 Å². The largest absolute Gasteiger partial charge is 0.491 e. The molecule has 5 nitrogen and oxygen atoms in total. The molecule has 0 aliphatic heterocycles. The molecule has 0 amide bonds. The van der Waals surface area contributed by atoms with Crippen molar-refractivity contribution >= 4 is 0 Å². The number of hydrogen-bond donors (Lipinski definition) is 1. The van der Waals surface area contributed by atoms with Crippen molar-refractivity contribution in [3.05, 3.63) is 83.2 Å². The molecule has 1 atom stereocenters. The fourth-order valence-corrected chi connectivity index (χ4v) is 3.20. The maximum absolute atomic E-state index is 10.6. The lowest BCUT2D eigenvalue weighted by Crippen LogP contribution is -2.35. The minimum absolute atomic E-state index is 0.264. The highest BCUT2D eigenvalue weighted by Gasteiger charge is 2.15. The average molecular weight is 380 g/mol. The van der Waals surface area contributed by atoms with Crippen LogP contribution in [0, 0.1) is 13.8 Å². The molecule has 0 radical (unpaired) electrons. The Morgan fingerprint density at radius 2 is 1.82 bits per heavy atom. The Morgan fingerprint density at radius 3 is 2.50 bits per heavy atom. The lowest BCUT2D eigenvalue weighted by Gasteiger charge is -2.25. The monoisotopic (exact) mass is 379 g/mol. The number of rotatable bonds is 9. The number of aromatic nitrogens is 2. The van der Waals surface area contributed by atoms with E-state index in [9.17, 15) is 5.11 Å². The Labute approximate surface area is 167 Å². The molecule has 2 aromatic carbocycles. The second kappa shape index (κ2) is 9.53. The van der Waals surface area contributed by atoms with Crippen molar-refractivity contribution in [2.24, 2.45) is 7.05 Å². The number of hydrogen-bond acceptors (Lipinski definition) is 4. The molecule has 0 saturated heterocycles. The fourth-order valence-electron chi connectivity index (χ4n) is 3.20. The maximum atomic E-state index is 10.6. The van der Waals surface area contributed by atoms with Crippen LogP contribution < -0.4 is 4.74 Å². The molecule has 0 saturated carbocycles. The van der Waals surface area contributed by atoms with Gasteiger partial charge in [0.1, 0.15) is 18.5 Å². The van der Waals surface area contributed by atoms with Crippen LogP contribution in [0.15, 0.2) is 60.9 Å². The zero-order chi connectivity index (χ0) is 19.9. The Kier molecular flexibility index (Phi) is 6.85. The van der Waals surface area contributed by atoms with Crippen molar-refractivity contribution < 1.29 is 9.84 Å². The van der Waals surface area contributed by atoms with Crippen molar-refractivity contribution in [1.82, 2.24) is 14.7 Å². The van der Waals surface area contributed by atoms with E-state index in [0.717, 1.165) is 24.4 Å². The predicted octanol–water partition coefficient (Wildman–Crippen LogP) is 3.48. The fraction of sp³-hybridized carbons (Fsp3) is 0.348. The lowest BCUT2D eigenvalue weighted by molar-refractivity contribution is 0.0628. The summed E-state index contributed by atoms with van der Waals surface area (Å²) in [5.41, 5.74) is 4.83. The summed E-state index contributed by atoms with van der Waals surface area (Å²) in [5, 5.41) is 14.8. The van der Waals surface area contributed by atoms with Crippen molar-refractivity contribution in [2.75, 3.05) is 13.2 Å². The van der Waals surface area contributed by atoms with Gasteiger partial charge in [-0.1, -0.05) is 42.0 Å². The van der Waals surface area contributed by atoms with E-state index in [4.69, 9.17) is 4.74 Å². The van der Waals surface area contributed by atoms with Gasteiger partial charge >= 0.3 is 0 Å². The van der Waals surface area contributed by atoms with Crippen LogP contribution >= 0.6 is 0 Å². The van der Waals surface area contributed by atoms with Crippen LogP contribution in [0.3, 0.4) is 0 Å². The number of aliphatic hydroxyl groups is 1. The van der Waals surface area contributed by atoms with Gasteiger partial charge in [0, 0.05) is 38.4 Å². The molecule has 3 rings (SSSR count). The van der Waals surface area contributed by atoms with Gasteiger partial charge in [-0.3, -0.25) is 9.58 Å². The lowest BCUT2D eigenvalue weighted by atomic mass is 10.1. The van der Waals surface area contributed by atoms with Crippen molar-refractivity contribution in [1.29, 1.82) is 0 Å². The van der Waals surface area contributed by atoms with Crippen LogP contribution in [-0.2, 0) is 20.1 Å². The Bertz CT molecular complexity index is 874. The number of aryl methyl sites for hydroxylation is 3. The molecule has 0 aliphatic rings. The predicted molar refractivity (Wildman–Crippen MR) is 111 cm³/mol. The molecule has 5 heteroatoms. The molecular formula is C23H29N3O2. The highest BCUT2D eigenvalue weighted by Crippen LogP contribution is 2.15. The van der Waals surface area contributed by atoms with E-state index < -0.39 is 6.10 Å². The van der Waals surface area contributed by atoms with Crippen LogP contribution in [0.5, 0.6) is 5.75 Å². The smallest absolute Gasteiger partial charge is 0.119 e. The summed E-state index contributed by atoms with van der Waals surface area (Å²) in [6, 6.07) is 16.3. The second-order valence-electron chi connectivity index (χ2n) is 7.40. The highest BCUT2D eigenvalue weighted by molar-refractivity contribution is 5.26. The molecule has 0 aliphatic carbocycles. The summed E-state index contributed by atoms with van der Waals surface area (Å²) in [4.78, 5) is 2.24. The Morgan fingerprint density at radius 1 is 1.07 bits per heavy atom. The van der Waals surface area contributed by atoms with Gasteiger partial charge in [-0.25, -0.2) is 0 Å². The second-order valence-corrected chi connectivity index (χ2v) is 7.40. The summed E-state index contributed by atoms with van der Waals surface area (Å²) in [6.45, 7) is 6.44. The third-order valence-corrected chi connectivity index (χ3v) is 4.75. The third-order valence-electron chi connectivity index (χ3n) is 4.75. The Balaban J connectivity index is 1.63. The van der Waals surface area contributed by atoms with Crippen molar-refractivity contribution in [3.8, 4) is 5.75 Å². The summed E-state index contributed by atoms with van der Waals surface area (Å²) in [5.74, 6) is 0.780. The van der Waals surface area contributed by atoms with Gasteiger partial charge in [-0.05, 0) is 37.1 Å². The van der Waals surface area contributed by atoms with Gasteiger partial charge in [-0.2, -0.15) is 5.10 Å². The number of aliphatic hydroxyl groups excluding tert-OH is 1. The van der Waals surface area contributed by atoms with Gasteiger partial charge in [0.25, 0.3) is 0 Å². The van der Waals surface area contributed by atoms with E-state index in [1.807, 2.05) is 50.6 Å². The van der Waals surface area contributed by atoms with E-state index >= 15 is 0 Å². The van der Waals surface area contributed by atoms with Crippen LogP contribution in [-0.4, -0.2) is 39.0 Å². The first-order chi connectivity index (χ1) is 13.5. The minimum Gasteiger partial charge on any atom is -0.491 e. The summed E-state index contributed by atoms with van der Waals surface area (Å²) < 4.78 is 7.56. The molecule has 3 aromatic rings. The van der Waals surface area contributed by atoms with Gasteiger partial charge < -0.3 is 9.84 Å². The van der Waals surface area contributed by atoms with E-state index in [2.05, 4.69) is 41.2 Å². The molecule has 1 unspecified atom stereocenters. The van der Waals surface area contributed by atoms with E-state index in [1.54, 1.807) is 4.68 Å². The molecule has 1 N–H and O–H groups in total. The molecule has 1 aromatic heterocycles. The standard InChI is InChI=1S/C23H29N3O2/c1-18-8-10-23(11-9-18)28-17-22(27)16-26(14-20-12-24-25(3)13-20)15-21-7-5-4-6-19(21)2/h4-13,22,27H,14-17H2,1-3H3. The van der Waals surface area contributed by atoms with Crippen LogP contribution in [0.2, 0.25) is 0 Å². The van der Waals surface area contributed by atoms with Crippen LogP contribution in [0.4, 0.5) is 0 Å². The molecule has 0 fully saturated rings. The van der Waals surface area contributed by atoms with Crippen molar-refractivity contribution in [2.45, 2.75) is 33.0 Å². The first kappa shape index (κ1) is 20.1. The van der Waals surface area contributed by atoms with E-state index in [0.29, 0.717) is 6.54 Å². The number of benzene rings is 2. The van der Waals surface area contributed by atoms with Crippen LogP contribution in [0.1, 0.15) is 22.3 Å². The molecule has 0 bridgehead atoms.